The summed E-state index contributed by atoms with van der Waals surface area (Å²) < 4.78 is 12.2. The molecule has 1 saturated heterocycles. The maximum absolute atomic E-state index is 13.7. The monoisotopic (exact) mass is 546 g/mol. The first-order valence-electron chi connectivity index (χ1n) is 15.9. The topological polar surface area (TPSA) is 96.2 Å². The van der Waals surface area contributed by atoms with Crippen LogP contribution in [0.2, 0.25) is 0 Å². The van der Waals surface area contributed by atoms with Crippen molar-refractivity contribution in [2.75, 3.05) is 13.2 Å². The van der Waals surface area contributed by atoms with Gasteiger partial charge in [-0.05, 0) is 99.0 Å². The van der Waals surface area contributed by atoms with Gasteiger partial charge in [-0.1, -0.05) is 47.5 Å². The third kappa shape index (κ3) is 4.50. The summed E-state index contributed by atoms with van der Waals surface area (Å²) in [5.41, 5.74) is -2.47. The lowest BCUT2D eigenvalue weighted by Gasteiger charge is -2.60. The summed E-state index contributed by atoms with van der Waals surface area (Å²) >= 11 is 0. The van der Waals surface area contributed by atoms with E-state index in [1.165, 1.54) is 12.8 Å². The van der Waals surface area contributed by atoms with Crippen LogP contribution in [0, 0.1) is 40.4 Å². The lowest BCUT2D eigenvalue weighted by Crippen LogP contribution is -2.63. The van der Waals surface area contributed by atoms with Gasteiger partial charge >= 0.3 is 0 Å². The molecule has 0 aromatic heterocycles. The first-order valence-corrected chi connectivity index (χ1v) is 15.9. The average molecular weight is 547 g/mol. The third-order valence-electron chi connectivity index (χ3n) is 12.7. The number of aliphatic hydroxyl groups is 3. The van der Waals surface area contributed by atoms with Crippen molar-refractivity contribution in [1.29, 1.82) is 0 Å². The van der Waals surface area contributed by atoms with Crippen LogP contribution in [-0.4, -0.2) is 63.8 Å². The Morgan fingerprint density at radius 1 is 1.13 bits per heavy atom. The van der Waals surface area contributed by atoms with Crippen molar-refractivity contribution in [3.05, 3.63) is 11.6 Å². The molecule has 5 aliphatic rings. The first-order chi connectivity index (χ1) is 18.3. The number of hydrogen-bond acceptors (Lipinski definition) is 6. The molecule has 12 atom stereocenters. The molecule has 4 aliphatic carbocycles. The highest BCUT2D eigenvalue weighted by Gasteiger charge is 2.69. The van der Waals surface area contributed by atoms with Crippen molar-refractivity contribution >= 4 is 5.78 Å². The lowest BCUT2D eigenvalue weighted by atomic mass is 9.46. The van der Waals surface area contributed by atoms with E-state index in [2.05, 4.69) is 34.6 Å². The largest absolute Gasteiger partial charge is 0.387 e. The van der Waals surface area contributed by atoms with Crippen molar-refractivity contribution in [2.24, 2.45) is 40.4 Å². The normalized spacial score (nSPS) is 48.1. The highest BCUT2D eigenvalue weighted by molar-refractivity contribution is 5.95. The molecular formula is C33H54O6. The number of hydrogen-bond donors (Lipinski definition) is 3. The molecule has 3 saturated carbocycles. The number of fused-ring (bicyclic) bond motifs is 5. The zero-order chi connectivity index (χ0) is 28.4. The van der Waals surface area contributed by atoms with Gasteiger partial charge < -0.3 is 24.8 Å². The number of unbranched alkanes of at least 4 members (excludes halogenated alkanes) is 2. The predicted molar refractivity (Wildman–Crippen MR) is 151 cm³/mol. The molecule has 6 nitrogen and oxygen atoms in total. The Morgan fingerprint density at radius 2 is 1.87 bits per heavy atom. The van der Waals surface area contributed by atoms with Crippen molar-refractivity contribution in [1.82, 2.24) is 0 Å². The third-order valence-corrected chi connectivity index (χ3v) is 12.7. The molecular weight excluding hydrogens is 492 g/mol. The molecule has 3 N–H and O–H groups in total. The van der Waals surface area contributed by atoms with Crippen LogP contribution in [0.25, 0.3) is 0 Å². The van der Waals surface area contributed by atoms with Crippen molar-refractivity contribution in [2.45, 2.75) is 135 Å². The van der Waals surface area contributed by atoms with Crippen LogP contribution in [0.15, 0.2) is 11.6 Å². The molecule has 0 aromatic carbocycles. The van der Waals surface area contributed by atoms with E-state index in [4.69, 9.17) is 9.47 Å². The number of aliphatic hydroxyl groups excluding tert-OH is 1. The van der Waals surface area contributed by atoms with E-state index in [9.17, 15) is 20.1 Å². The number of ketones is 1. The second kappa shape index (κ2) is 10.5. The molecule has 12 unspecified atom stereocenters. The quantitative estimate of drug-likeness (QED) is 0.362. The van der Waals surface area contributed by atoms with Crippen LogP contribution in [0.1, 0.15) is 106 Å². The van der Waals surface area contributed by atoms with Gasteiger partial charge in [-0.25, -0.2) is 0 Å². The summed E-state index contributed by atoms with van der Waals surface area (Å²) in [7, 11) is 0. The second-order valence-corrected chi connectivity index (χ2v) is 14.8. The minimum Gasteiger partial charge on any atom is -0.387 e. The summed E-state index contributed by atoms with van der Waals surface area (Å²) in [5, 5.41) is 35.9. The summed E-state index contributed by atoms with van der Waals surface area (Å²) in [6.45, 7) is 13.9. The molecule has 1 aliphatic heterocycles. The molecule has 222 valence electrons. The van der Waals surface area contributed by atoms with Crippen LogP contribution in [-0.2, 0) is 14.3 Å². The SMILES string of the molecule is CCCCCOC1CCC2(C)C(C1)C(=O)C=C1C2CCC2(C)C(C(C)(O)C(O)C3OCC(C)C3C)CCC12O. The Morgan fingerprint density at radius 3 is 2.54 bits per heavy atom. The molecule has 0 bridgehead atoms. The van der Waals surface area contributed by atoms with E-state index in [0.29, 0.717) is 25.4 Å². The number of allylic oxidation sites excluding steroid dienone is 1. The van der Waals surface area contributed by atoms with Crippen molar-refractivity contribution in [3.63, 3.8) is 0 Å². The summed E-state index contributed by atoms with van der Waals surface area (Å²) in [6.07, 6.45) is 9.37. The Hall–Kier alpha value is -0.790. The summed E-state index contributed by atoms with van der Waals surface area (Å²) in [5.74, 6) is 0.417. The highest BCUT2D eigenvalue weighted by atomic mass is 16.5. The lowest BCUT2D eigenvalue weighted by molar-refractivity contribution is -0.193. The van der Waals surface area contributed by atoms with Crippen LogP contribution in [0.3, 0.4) is 0 Å². The van der Waals surface area contributed by atoms with Gasteiger partial charge in [0.2, 0.25) is 0 Å². The van der Waals surface area contributed by atoms with Gasteiger partial charge in [-0.3, -0.25) is 4.79 Å². The number of carbonyl (C=O) groups excluding carboxylic acids is 1. The zero-order valence-corrected chi connectivity index (χ0v) is 25.2. The van der Waals surface area contributed by atoms with Crippen LogP contribution in [0.5, 0.6) is 0 Å². The van der Waals surface area contributed by atoms with E-state index in [1.807, 2.05) is 0 Å². The number of carbonyl (C=O) groups is 1. The summed E-state index contributed by atoms with van der Waals surface area (Å²) in [4.78, 5) is 13.7. The number of ether oxygens (including phenoxy) is 2. The second-order valence-electron chi connectivity index (χ2n) is 14.8. The van der Waals surface area contributed by atoms with Crippen LogP contribution in [0.4, 0.5) is 0 Å². The van der Waals surface area contributed by atoms with E-state index >= 15 is 0 Å². The molecule has 0 aromatic rings. The van der Waals surface area contributed by atoms with Gasteiger partial charge in [-0.15, -0.1) is 0 Å². The van der Waals surface area contributed by atoms with E-state index in [-0.39, 0.29) is 41.0 Å². The van der Waals surface area contributed by atoms with Gasteiger partial charge in [-0.2, -0.15) is 0 Å². The Kier molecular flexibility index (Phi) is 7.98. The molecule has 4 fully saturated rings. The number of rotatable bonds is 8. The maximum atomic E-state index is 13.7. The molecule has 0 spiro atoms. The van der Waals surface area contributed by atoms with E-state index < -0.39 is 28.8 Å². The van der Waals surface area contributed by atoms with Gasteiger partial charge in [0.1, 0.15) is 6.10 Å². The fourth-order valence-electron chi connectivity index (χ4n) is 9.80. The maximum Gasteiger partial charge on any atom is 0.159 e. The zero-order valence-electron chi connectivity index (χ0n) is 25.2. The molecule has 0 radical (unpaired) electrons. The average Bonchev–Trinajstić information content (AvgIpc) is 3.37. The minimum absolute atomic E-state index is 0.0609. The van der Waals surface area contributed by atoms with Gasteiger partial charge in [0.15, 0.2) is 5.78 Å². The van der Waals surface area contributed by atoms with Crippen molar-refractivity contribution < 1.29 is 29.6 Å². The Bertz CT molecular complexity index is 960. The molecule has 0 amide bonds. The molecule has 39 heavy (non-hydrogen) atoms. The molecule has 1 heterocycles. The fraction of sp³-hybridized carbons (Fsp3) is 0.909. The Balaban J connectivity index is 1.38. The smallest absolute Gasteiger partial charge is 0.159 e. The standard InChI is InChI=1S/C33H54O6/c1-7-8-9-16-38-22-10-13-30(4)23-11-14-31(5)27(32(6,36)29(35)28-21(3)20(2)19-39-28)12-15-33(31,37)24(23)18-26(34)25(30)17-22/h18,20-23,25,27-29,35-37H,7-17,19H2,1-6H3. The van der Waals surface area contributed by atoms with Gasteiger partial charge in [0, 0.05) is 24.5 Å². The fourth-order valence-corrected chi connectivity index (χ4v) is 9.80. The first kappa shape index (κ1) is 29.7. The van der Waals surface area contributed by atoms with Crippen molar-refractivity contribution in [3.8, 4) is 0 Å². The predicted octanol–water partition coefficient (Wildman–Crippen LogP) is 5.22. The highest BCUT2D eigenvalue weighted by Crippen LogP contribution is 2.68. The van der Waals surface area contributed by atoms with Gasteiger partial charge in [0.25, 0.3) is 0 Å². The van der Waals surface area contributed by atoms with Gasteiger partial charge in [0.05, 0.1) is 23.4 Å². The molecule has 5 rings (SSSR count). The van der Waals surface area contributed by atoms with E-state index in [1.54, 1.807) is 13.0 Å². The minimum atomic E-state index is -1.41. The van der Waals surface area contributed by atoms with E-state index in [0.717, 1.165) is 50.7 Å². The Labute approximate surface area is 235 Å². The van der Waals surface area contributed by atoms with Crippen LogP contribution < -0.4 is 0 Å². The van der Waals surface area contributed by atoms with Crippen LogP contribution >= 0.6 is 0 Å². The molecule has 6 heteroatoms. The summed E-state index contributed by atoms with van der Waals surface area (Å²) in [6, 6.07) is 0.